The van der Waals surface area contributed by atoms with E-state index in [0.29, 0.717) is 6.04 Å². The molecule has 1 aliphatic carbocycles. The van der Waals surface area contributed by atoms with Crippen molar-refractivity contribution >= 4 is 0 Å². The second-order valence-corrected chi connectivity index (χ2v) is 5.32. The van der Waals surface area contributed by atoms with Crippen LogP contribution in [0.1, 0.15) is 46.5 Å². The zero-order chi connectivity index (χ0) is 12.7. The third kappa shape index (κ3) is 6.05. The normalized spacial score (nSPS) is 19.0. The molecule has 3 nitrogen and oxygen atoms in total. The summed E-state index contributed by atoms with van der Waals surface area (Å²) >= 11 is 0. The van der Waals surface area contributed by atoms with Crippen LogP contribution in [0.25, 0.3) is 0 Å². The molecule has 0 radical (unpaired) electrons. The van der Waals surface area contributed by atoms with E-state index < -0.39 is 0 Å². The molecule has 0 spiro atoms. The average Bonchev–Trinajstić information content (AvgIpc) is 3.15. The van der Waals surface area contributed by atoms with Crippen LogP contribution in [0.15, 0.2) is 0 Å². The highest BCUT2D eigenvalue weighted by Gasteiger charge is 2.24. The molecule has 0 amide bonds. The van der Waals surface area contributed by atoms with Crippen LogP contribution < -0.4 is 5.32 Å². The fraction of sp³-hybridized carbons (Fsp3) is 0.929. The Bertz CT molecular complexity index is 242. The van der Waals surface area contributed by atoms with Crippen LogP contribution in [0, 0.1) is 17.2 Å². The second-order valence-electron chi connectivity index (χ2n) is 5.32. The third-order valence-corrected chi connectivity index (χ3v) is 3.62. The SMILES string of the molecule is CCC(C)CN(CC)CCC(C#N)NC1CC1. The molecule has 0 aromatic heterocycles. The van der Waals surface area contributed by atoms with Crippen LogP contribution in [0.3, 0.4) is 0 Å². The fourth-order valence-corrected chi connectivity index (χ4v) is 1.98. The molecule has 3 heteroatoms. The van der Waals surface area contributed by atoms with Crippen LogP contribution in [0.5, 0.6) is 0 Å². The molecule has 1 N–H and O–H groups in total. The zero-order valence-electron chi connectivity index (χ0n) is 11.6. The van der Waals surface area contributed by atoms with Gasteiger partial charge in [-0.15, -0.1) is 0 Å². The summed E-state index contributed by atoms with van der Waals surface area (Å²) in [6, 6.07) is 3.06. The zero-order valence-corrected chi connectivity index (χ0v) is 11.6. The highest BCUT2D eigenvalue weighted by atomic mass is 15.1. The quantitative estimate of drug-likeness (QED) is 0.669. The van der Waals surface area contributed by atoms with Gasteiger partial charge in [-0.3, -0.25) is 5.32 Å². The summed E-state index contributed by atoms with van der Waals surface area (Å²) in [5, 5.41) is 12.5. The van der Waals surface area contributed by atoms with Gasteiger partial charge in [0.1, 0.15) is 0 Å². The summed E-state index contributed by atoms with van der Waals surface area (Å²) in [5.41, 5.74) is 0. The first-order valence-corrected chi connectivity index (χ1v) is 7.07. The Balaban J connectivity index is 2.22. The molecule has 2 unspecified atom stereocenters. The highest BCUT2D eigenvalue weighted by molar-refractivity contribution is 4.96. The Morgan fingerprint density at radius 3 is 2.59 bits per heavy atom. The van der Waals surface area contributed by atoms with Crippen molar-refractivity contribution in [2.45, 2.75) is 58.5 Å². The van der Waals surface area contributed by atoms with Gasteiger partial charge in [0.25, 0.3) is 0 Å². The van der Waals surface area contributed by atoms with Crippen LogP contribution in [0.2, 0.25) is 0 Å². The molecular weight excluding hydrogens is 210 g/mol. The number of nitrogens with one attached hydrogen (secondary N) is 1. The van der Waals surface area contributed by atoms with E-state index in [9.17, 15) is 0 Å². The summed E-state index contributed by atoms with van der Waals surface area (Å²) in [7, 11) is 0. The molecule has 1 saturated carbocycles. The molecule has 0 saturated heterocycles. The lowest BCUT2D eigenvalue weighted by Crippen LogP contribution is -2.36. The second kappa shape index (κ2) is 7.68. The molecule has 1 aliphatic rings. The minimum Gasteiger partial charge on any atom is -0.303 e. The number of rotatable bonds is 9. The van der Waals surface area contributed by atoms with Crippen molar-refractivity contribution in [1.29, 1.82) is 5.26 Å². The summed E-state index contributed by atoms with van der Waals surface area (Å²) < 4.78 is 0. The first kappa shape index (κ1) is 14.5. The van der Waals surface area contributed by atoms with Crippen LogP contribution in [-0.2, 0) is 0 Å². The maximum atomic E-state index is 9.09. The molecule has 2 atom stereocenters. The van der Waals surface area contributed by atoms with E-state index in [0.717, 1.165) is 32.0 Å². The number of nitriles is 1. The smallest absolute Gasteiger partial charge is 0.0967 e. The first-order chi connectivity index (χ1) is 8.19. The lowest BCUT2D eigenvalue weighted by atomic mass is 10.1. The van der Waals surface area contributed by atoms with E-state index in [1.807, 2.05) is 0 Å². The maximum absolute atomic E-state index is 9.09. The molecule has 17 heavy (non-hydrogen) atoms. The molecule has 0 aliphatic heterocycles. The summed E-state index contributed by atoms with van der Waals surface area (Å²) in [5.74, 6) is 0.756. The van der Waals surface area contributed by atoms with Crippen molar-refractivity contribution in [3.8, 4) is 6.07 Å². The van der Waals surface area contributed by atoms with Gasteiger partial charge in [0.05, 0.1) is 12.1 Å². The van der Waals surface area contributed by atoms with E-state index >= 15 is 0 Å². The molecule has 1 fully saturated rings. The monoisotopic (exact) mass is 237 g/mol. The lowest BCUT2D eigenvalue weighted by Gasteiger charge is -2.24. The van der Waals surface area contributed by atoms with E-state index in [-0.39, 0.29) is 6.04 Å². The average molecular weight is 237 g/mol. The van der Waals surface area contributed by atoms with Gasteiger partial charge >= 0.3 is 0 Å². The van der Waals surface area contributed by atoms with E-state index in [4.69, 9.17) is 5.26 Å². The molecule has 0 aromatic carbocycles. The molecular formula is C14H27N3. The van der Waals surface area contributed by atoms with Gasteiger partial charge in [-0.2, -0.15) is 5.26 Å². The summed E-state index contributed by atoms with van der Waals surface area (Å²) in [4.78, 5) is 2.47. The van der Waals surface area contributed by atoms with Gasteiger partial charge in [0.15, 0.2) is 0 Å². The van der Waals surface area contributed by atoms with Crippen LogP contribution >= 0.6 is 0 Å². The molecule has 1 rings (SSSR count). The van der Waals surface area contributed by atoms with Gasteiger partial charge in [-0.05, 0) is 31.7 Å². The van der Waals surface area contributed by atoms with Crippen LogP contribution in [-0.4, -0.2) is 36.6 Å². The van der Waals surface area contributed by atoms with Gasteiger partial charge in [-0.1, -0.05) is 27.2 Å². The van der Waals surface area contributed by atoms with Gasteiger partial charge in [-0.25, -0.2) is 0 Å². The minimum absolute atomic E-state index is 0.0495. The standard InChI is InChI=1S/C14H27N3/c1-4-12(3)11-17(5-2)9-8-14(10-15)16-13-6-7-13/h12-14,16H,4-9,11H2,1-3H3. The maximum Gasteiger partial charge on any atom is 0.0967 e. The Kier molecular flexibility index (Phi) is 6.54. The number of nitrogens with zero attached hydrogens (tertiary/aromatic N) is 2. The highest BCUT2D eigenvalue weighted by Crippen LogP contribution is 2.19. The first-order valence-electron chi connectivity index (χ1n) is 7.07. The van der Waals surface area contributed by atoms with E-state index in [1.54, 1.807) is 0 Å². The number of hydrogen-bond donors (Lipinski definition) is 1. The lowest BCUT2D eigenvalue weighted by molar-refractivity contribution is 0.237. The third-order valence-electron chi connectivity index (χ3n) is 3.62. The predicted molar refractivity (Wildman–Crippen MR) is 71.7 cm³/mol. The van der Waals surface area contributed by atoms with Crippen molar-refractivity contribution < 1.29 is 0 Å². The van der Waals surface area contributed by atoms with Gasteiger partial charge in [0.2, 0.25) is 0 Å². The van der Waals surface area contributed by atoms with Gasteiger partial charge in [0, 0.05) is 19.1 Å². The molecule has 0 bridgehead atoms. The van der Waals surface area contributed by atoms with E-state index in [1.165, 1.54) is 19.3 Å². The Morgan fingerprint density at radius 1 is 1.41 bits per heavy atom. The Hall–Kier alpha value is -0.590. The van der Waals surface area contributed by atoms with Crippen molar-refractivity contribution in [1.82, 2.24) is 10.2 Å². The Morgan fingerprint density at radius 2 is 2.12 bits per heavy atom. The Labute approximate surface area is 106 Å². The summed E-state index contributed by atoms with van der Waals surface area (Å²) in [6.45, 7) is 10.0. The van der Waals surface area contributed by atoms with Crippen LogP contribution in [0.4, 0.5) is 0 Å². The van der Waals surface area contributed by atoms with Crippen molar-refractivity contribution in [2.24, 2.45) is 5.92 Å². The minimum atomic E-state index is 0.0495. The largest absolute Gasteiger partial charge is 0.303 e. The van der Waals surface area contributed by atoms with Crippen molar-refractivity contribution in [3.63, 3.8) is 0 Å². The van der Waals surface area contributed by atoms with Crippen molar-refractivity contribution in [3.05, 3.63) is 0 Å². The predicted octanol–water partition coefficient (Wildman–Crippen LogP) is 2.39. The van der Waals surface area contributed by atoms with Crippen molar-refractivity contribution in [2.75, 3.05) is 19.6 Å². The van der Waals surface area contributed by atoms with E-state index in [2.05, 4.69) is 37.1 Å². The molecule has 0 heterocycles. The fourth-order valence-electron chi connectivity index (χ4n) is 1.98. The van der Waals surface area contributed by atoms with Gasteiger partial charge < -0.3 is 4.90 Å². The molecule has 0 aromatic rings. The number of hydrogen-bond acceptors (Lipinski definition) is 3. The molecule has 98 valence electrons. The summed E-state index contributed by atoms with van der Waals surface area (Å²) in [6.07, 6.45) is 4.70. The topological polar surface area (TPSA) is 39.1 Å².